The van der Waals surface area contributed by atoms with Crippen molar-refractivity contribution in [3.05, 3.63) is 75.7 Å². The van der Waals surface area contributed by atoms with Crippen LogP contribution in [0.3, 0.4) is 0 Å². The van der Waals surface area contributed by atoms with E-state index in [2.05, 4.69) is 20.6 Å². The number of nitrogen functional groups attached to an aromatic ring is 1. The van der Waals surface area contributed by atoms with Gasteiger partial charge >= 0.3 is 6.18 Å². The second kappa shape index (κ2) is 11.0. The van der Waals surface area contributed by atoms with Crippen LogP contribution in [0.5, 0.6) is 0 Å². The fraction of sp³-hybridized carbons (Fsp3) is 0.217. The van der Waals surface area contributed by atoms with Gasteiger partial charge in [0.2, 0.25) is 0 Å². The smallest absolute Gasteiger partial charge is 0.383 e. The van der Waals surface area contributed by atoms with Crippen LogP contribution in [0.25, 0.3) is 0 Å². The molecule has 180 valence electrons. The number of nitrogens with one attached hydrogen (secondary N) is 2. The maximum Gasteiger partial charge on any atom is 0.417 e. The van der Waals surface area contributed by atoms with Gasteiger partial charge in [-0.15, -0.1) is 0 Å². The van der Waals surface area contributed by atoms with Crippen LogP contribution >= 0.6 is 11.6 Å². The summed E-state index contributed by atoms with van der Waals surface area (Å²) in [7, 11) is 0. The largest absolute Gasteiger partial charge is 0.417 e. The number of hydrogen-bond acceptors (Lipinski definition) is 5. The van der Waals surface area contributed by atoms with Crippen LogP contribution in [0.2, 0.25) is 5.02 Å². The number of carbonyl (C=O) groups excluding carboxylic acids is 2. The Kier molecular flexibility index (Phi) is 8.58. The highest BCUT2D eigenvalue weighted by atomic mass is 35.5. The van der Waals surface area contributed by atoms with Gasteiger partial charge in [-0.2, -0.15) is 13.2 Å². The van der Waals surface area contributed by atoms with Crippen molar-refractivity contribution < 1.29 is 22.8 Å². The van der Waals surface area contributed by atoms with Crippen LogP contribution in [0.15, 0.2) is 42.7 Å². The monoisotopic (exact) mass is 493 g/mol. The average Bonchev–Trinajstić information content (AvgIpc) is 2.79. The third-order valence-corrected chi connectivity index (χ3v) is 4.95. The van der Waals surface area contributed by atoms with E-state index in [1.807, 2.05) is 13.8 Å². The van der Waals surface area contributed by atoms with Crippen molar-refractivity contribution in [1.29, 1.82) is 0 Å². The lowest BCUT2D eigenvalue weighted by Gasteiger charge is -2.13. The maximum atomic E-state index is 13.0. The van der Waals surface area contributed by atoms with E-state index in [-0.39, 0.29) is 22.8 Å². The van der Waals surface area contributed by atoms with E-state index in [4.69, 9.17) is 17.3 Å². The summed E-state index contributed by atoms with van der Waals surface area (Å²) < 4.78 is 39.1. The SMILES string of the molecule is CC.Cc1ccc(C(=O)Nc2ccc(Cl)c(C(F)(F)F)c2)cc1NC(=O)c1ncnc(N)c1C. The van der Waals surface area contributed by atoms with Crippen LogP contribution in [-0.2, 0) is 6.18 Å². The molecule has 0 atom stereocenters. The number of aromatic nitrogens is 2. The molecule has 34 heavy (non-hydrogen) atoms. The lowest BCUT2D eigenvalue weighted by molar-refractivity contribution is -0.137. The Morgan fingerprint density at radius 3 is 2.29 bits per heavy atom. The number of nitrogens with zero attached hydrogens (tertiary/aromatic N) is 2. The minimum absolute atomic E-state index is 0.0765. The Morgan fingerprint density at radius 2 is 1.65 bits per heavy atom. The molecule has 1 heterocycles. The van der Waals surface area contributed by atoms with Crippen molar-refractivity contribution in [2.45, 2.75) is 33.9 Å². The van der Waals surface area contributed by atoms with Gasteiger partial charge in [-0.05, 0) is 49.7 Å². The second-order valence-corrected chi connectivity index (χ2v) is 7.27. The Balaban J connectivity index is 0.00000199. The van der Waals surface area contributed by atoms with Crippen molar-refractivity contribution in [2.75, 3.05) is 16.4 Å². The third kappa shape index (κ3) is 6.22. The van der Waals surface area contributed by atoms with Crippen molar-refractivity contribution >= 4 is 40.6 Å². The molecule has 0 bridgehead atoms. The number of halogens is 4. The van der Waals surface area contributed by atoms with E-state index < -0.39 is 28.6 Å². The van der Waals surface area contributed by atoms with Crippen molar-refractivity contribution in [3.8, 4) is 0 Å². The first-order valence-corrected chi connectivity index (χ1v) is 10.5. The Hall–Kier alpha value is -3.66. The number of nitrogens with two attached hydrogens (primary N) is 1. The number of carbonyl (C=O) groups is 2. The van der Waals surface area contributed by atoms with E-state index >= 15 is 0 Å². The zero-order valence-corrected chi connectivity index (χ0v) is 19.6. The standard InChI is InChI=1S/C21H17ClF3N5O2.C2H6/c1-10-3-4-12(7-16(10)30-20(32)17-11(2)18(26)28-9-27-17)19(31)29-13-5-6-15(22)14(8-13)21(23,24)25;1-2/h3-9H,1-2H3,(H,29,31)(H,30,32)(H2,26,27,28);1-2H3. The average molecular weight is 494 g/mol. The normalized spacial score (nSPS) is 10.7. The molecule has 7 nitrogen and oxygen atoms in total. The number of anilines is 3. The highest BCUT2D eigenvalue weighted by Gasteiger charge is 2.33. The van der Waals surface area contributed by atoms with E-state index in [1.54, 1.807) is 19.9 Å². The molecule has 0 unspecified atom stereocenters. The van der Waals surface area contributed by atoms with Crippen LogP contribution < -0.4 is 16.4 Å². The zero-order chi connectivity index (χ0) is 25.6. The van der Waals surface area contributed by atoms with Gasteiger partial charge in [0.25, 0.3) is 11.8 Å². The van der Waals surface area contributed by atoms with Gasteiger partial charge in [-0.25, -0.2) is 9.97 Å². The molecule has 0 fully saturated rings. The topological polar surface area (TPSA) is 110 Å². The fourth-order valence-corrected chi connectivity index (χ4v) is 3.02. The summed E-state index contributed by atoms with van der Waals surface area (Å²) >= 11 is 5.60. The molecule has 0 aliphatic heterocycles. The molecule has 3 aromatic rings. The molecule has 0 saturated heterocycles. The predicted octanol–water partition coefficient (Wildman–Crippen LogP) is 5.88. The molecule has 11 heteroatoms. The summed E-state index contributed by atoms with van der Waals surface area (Å²) in [5.41, 5.74) is 6.14. The molecule has 0 radical (unpaired) electrons. The number of alkyl halides is 3. The van der Waals surface area contributed by atoms with Gasteiger partial charge in [0.05, 0.1) is 10.6 Å². The van der Waals surface area contributed by atoms with E-state index in [9.17, 15) is 22.8 Å². The van der Waals surface area contributed by atoms with E-state index in [0.29, 0.717) is 16.8 Å². The molecule has 0 aliphatic carbocycles. The molecule has 3 rings (SSSR count). The molecule has 0 saturated carbocycles. The molecule has 0 aliphatic rings. The Morgan fingerprint density at radius 1 is 0.971 bits per heavy atom. The predicted molar refractivity (Wildman–Crippen MR) is 126 cm³/mol. The van der Waals surface area contributed by atoms with Gasteiger partial charge in [0.15, 0.2) is 0 Å². The molecule has 2 amide bonds. The van der Waals surface area contributed by atoms with Gasteiger partial charge < -0.3 is 16.4 Å². The van der Waals surface area contributed by atoms with Crippen LogP contribution in [0.1, 0.15) is 51.4 Å². The molecule has 4 N–H and O–H groups in total. The first-order valence-electron chi connectivity index (χ1n) is 10.1. The highest BCUT2D eigenvalue weighted by Crippen LogP contribution is 2.36. The van der Waals surface area contributed by atoms with Crippen LogP contribution in [0, 0.1) is 13.8 Å². The first kappa shape index (κ1) is 26.6. The molecular weight excluding hydrogens is 471 g/mol. The van der Waals surface area contributed by atoms with Crippen molar-refractivity contribution in [2.24, 2.45) is 0 Å². The summed E-state index contributed by atoms with van der Waals surface area (Å²) in [6.07, 6.45) is -3.50. The van der Waals surface area contributed by atoms with Gasteiger partial charge in [0, 0.05) is 22.5 Å². The minimum atomic E-state index is -4.67. The van der Waals surface area contributed by atoms with E-state index in [0.717, 1.165) is 18.5 Å². The Labute approximate surface area is 199 Å². The number of aryl methyl sites for hydroxylation is 1. The number of benzene rings is 2. The van der Waals surface area contributed by atoms with Gasteiger partial charge in [-0.1, -0.05) is 31.5 Å². The van der Waals surface area contributed by atoms with Crippen LogP contribution in [0.4, 0.5) is 30.4 Å². The number of amides is 2. The lowest BCUT2D eigenvalue weighted by Crippen LogP contribution is -2.18. The molecular formula is C23H23ClF3N5O2. The quantitative estimate of drug-likeness (QED) is 0.420. The highest BCUT2D eigenvalue weighted by molar-refractivity contribution is 6.31. The van der Waals surface area contributed by atoms with E-state index in [1.165, 1.54) is 18.2 Å². The summed E-state index contributed by atoms with van der Waals surface area (Å²) in [5, 5.41) is 4.58. The van der Waals surface area contributed by atoms with Crippen LogP contribution in [-0.4, -0.2) is 21.8 Å². The Bertz CT molecular complexity index is 1220. The first-order chi connectivity index (χ1) is 16.0. The summed E-state index contributed by atoms with van der Waals surface area (Å²) in [6, 6.07) is 7.54. The van der Waals surface area contributed by atoms with Gasteiger partial charge in [0.1, 0.15) is 17.8 Å². The second-order valence-electron chi connectivity index (χ2n) is 6.86. The zero-order valence-electron chi connectivity index (χ0n) is 18.8. The van der Waals surface area contributed by atoms with Gasteiger partial charge in [-0.3, -0.25) is 9.59 Å². The third-order valence-electron chi connectivity index (χ3n) is 4.62. The summed E-state index contributed by atoms with van der Waals surface area (Å²) in [6.45, 7) is 7.32. The van der Waals surface area contributed by atoms with Crippen molar-refractivity contribution in [1.82, 2.24) is 9.97 Å². The minimum Gasteiger partial charge on any atom is -0.383 e. The molecule has 2 aromatic carbocycles. The lowest BCUT2D eigenvalue weighted by atomic mass is 10.1. The molecule has 0 spiro atoms. The fourth-order valence-electron chi connectivity index (χ4n) is 2.80. The molecule has 1 aromatic heterocycles. The summed E-state index contributed by atoms with van der Waals surface area (Å²) in [5.74, 6) is -1.06. The van der Waals surface area contributed by atoms with Crippen molar-refractivity contribution in [3.63, 3.8) is 0 Å². The maximum absolute atomic E-state index is 13.0. The number of rotatable bonds is 4. The summed E-state index contributed by atoms with van der Waals surface area (Å²) in [4.78, 5) is 32.9. The number of hydrogen-bond donors (Lipinski definition) is 3.